The second kappa shape index (κ2) is 7.55. The second-order valence-electron chi connectivity index (χ2n) is 3.87. The Kier molecular flexibility index (Phi) is 6.00. The van der Waals surface area contributed by atoms with Gasteiger partial charge in [-0.25, -0.2) is 0 Å². The maximum atomic E-state index is 11.1. The van der Waals surface area contributed by atoms with Gasteiger partial charge in [0.25, 0.3) is 0 Å². The van der Waals surface area contributed by atoms with Crippen molar-refractivity contribution in [1.29, 1.82) is 0 Å². The predicted molar refractivity (Wildman–Crippen MR) is 67.3 cm³/mol. The normalized spacial score (nSPS) is 10.3. The molecule has 0 spiro atoms. The first kappa shape index (κ1) is 14.3. The number of ether oxygens (including phenoxy) is 1. The molecule has 0 saturated heterocycles. The van der Waals surface area contributed by atoms with E-state index in [4.69, 9.17) is 4.74 Å². The van der Waals surface area contributed by atoms with E-state index in [9.17, 15) is 15.0 Å². The van der Waals surface area contributed by atoms with Crippen molar-refractivity contribution >= 4 is 5.97 Å². The number of esters is 1. The molecule has 18 heavy (non-hydrogen) atoms. The molecule has 1 aromatic rings. The van der Waals surface area contributed by atoms with Crippen LogP contribution in [0.3, 0.4) is 0 Å². The van der Waals surface area contributed by atoms with Crippen molar-refractivity contribution in [1.82, 2.24) is 5.32 Å². The average molecular weight is 253 g/mol. The highest BCUT2D eigenvalue weighted by atomic mass is 16.5. The molecule has 0 radical (unpaired) electrons. The van der Waals surface area contributed by atoms with Gasteiger partial charge in [-0.1, -0.05) is 12.1 Å². The van der Waals surface area contributed by atoms with E-state index in [-0.39, 0.29) is 17.5 Å². The summed E-state index contributed by atoms with van der Waals surface area (Å²) in [5.74, 6) is -0.421. The number of hydrogen-bond donors (Lipinski definition) is 3. The van der Waals surface area contributed by atoms with Crippen LogP contribution in [0.1, 0.15) is 25.3 Å². The molecule has 5 heteroatoms. The van der Waals surface area contributed by atoms with Crippen molar-refractivity contribution in [3.63, 3.8) is 0 Å². The number of nitrogens with one attached hydrogen (secondary N) is 1. The third-order valence-electron chi connectivity index (χ3n) is 2.45. The first-order chi connectivity index (χ1) is 8.65. The Labute approximate surface area is 106 Å². The van der Waals surface area contributed by atoms with Gasteiger partial charge in [0.15, 0.2) is 11.5 Å². The Balaban J connectivity index is 2.22. The number of phenolic OH excluding ortho intramolecular Hbond substituents is 2. The summed E-state index contributed by atoms with van der Waals surface area (Å²) in [7, 11) is 0. The molecule has 100 valence electrons. The highest BCUT2D eigenvalue weighted by Gasteiger charge is 2.05. The minimum absolute atomic E-state index is 0.101. The van der Waals surface area contributed by atoms with Gasteiger partial charge in [-0.05, 0) is 26.0 Å². The Morgan fingerprint density at radius 2 is 2.17 bits per heavy atom. The molecular weight excluding hydrogens is 234 g/mol. The summed E-state index contributed by atoms with van der Waals surface area (Å²) < 4.78 is 4.80. The zero-order valence-corrected chi connectivity index (χ0v) is 10.5. The van der Waals surface area contributed by atoms with Crippen molar-refractivity contribution in [2.45, 2.75) is 26.3 Å². The van der Waals surface area contributed by atoms with Gasteiger partial charge < -0.3 is 20.3 Å². The molecule has 0 aliphatic rings. The molecule has 3 N–H and O–H groups in total. The van der Waals surface area contributed by atoms with Crippen LogP contribution in [0.15, 0.2) is 18.2 Å². The summed E-state index contributed by atoms with van der Waals surface area (Å²) >= 11 is 0. The Bertz CT molecular complexity index is 393. The molecule has 1 aromatic carbocycles. The molecule has 0 aliphatic carbocycles. The maximum absolute atomic E-state index is 11.1. The van der Waals surface area contributed by atoms with E-state index in [0.29, 0.717) is 38.1 Å². The van der Waals surface area contributed by atoms with Crippen LogP contribution >= 0.6 is 0 Å². The molecule has 0 atom stereocenters. The summed E-state index contributed by atoms with van der Waals surface area (Å²) in [6.07, 6.45) is 1.06. The minimum atomic E-state index is -0.195. The zero-order valence-electron chi connectivity index (χ0n) is 10.5. The fourth-order valence-electron chi connectivity index (χ4n) is 1.53. The fraction of sp³-hybridized carbons (Fsp3) is 0.462. The van der Waals surface area contributed by atoms with Gasteiger partial charge in [0.2, 0.25) is 0 Å². The minimum Gasteiger partial charge on any atom is -0.504 e. The molecule has 0 aromatic heterocycles. The number of aromatic hydroxyl groups is 2. The van der Waals surface area contributed by atoms with E-state index in [1.165, 1.54) is 6.07 Å². The van der Waals surface area contributed by atoms with Crippen LogP contribution < -0.4 is 5.32 Å². The number of hydrogen-bond acceptors (Lipinski definition) is 5. The van der Waals surface area contributed by atoms with Crippen molar-refractivity contribution < 1.29 is 19.7 Å². The number of para-hydroxylation sites is 1. The lowest BCUT2D eigenvalue weighted by Gasteiger charge is -2.07. The van der Waals surface area contributed by atoms with E-state index < -0.39 is 0 Å². The van der Waals surface area contributed by atoms with E-state index in [1.54, 1.807) is 19.1 Å². The largest absolute Gasteiger partial charge is 0.504 e. The van der Waals surface area contributed by atoms with Crippen LogP contribution in [-0.4, -0.2) is 29.3 Å². The third kappa shape index (κ3) is 4.63. The van der Waals surface area contributed by atoms with E-state index in [0.717, 1.165) is 0 Å². The smallest absolute Gasteiger partial charge is 0.305 e. The first-order valence-corrected chi connectivity index (χ1v) is 6.01. The maximum Gasteiger partial charge on any atom is 0.305 e. The van der Waals surface area contributed by atoms with Gasteiger partial charge >= 0.3 is 5.97 Å². The quantitative estimate of drug-likeness (QED) is 0.390. The first-order valence-electron chi connectivity index (χ1n) is 6.01. The van der Waals surface area contributed by atoms with Crippen LogP contribution in [0, 0.1) is 0 Å². The highest BCUT2D eigenvalue weighted by Crippen LogP contribution is 2.27. The molecule has 0 bridgehead atoms. The molecule has 0 heterocycles. The van der Waals surface area contributed by atoms with Gasteiger partial charge in [-0.3, -0.25) is 4.79 Å². The molecular formula is C13H19NO4. The Morgan fingerprint density at radius 3 is 2.89 bits per heavy atom. The van der Waals surface area contributed by atoms with Crippen LogP contribution in [0.2, 0.25) is 0 Å². The second-order valence-corrected chi connectivity index (χ2v) is 3.87. The molecule has 0 fully saturated rings. The zero-order chi connectivity index (χ0) is 13.4. The van der Waals surface area contributed by atoms with Gasteiger partial charge in [0.05, 0.1) is 6.61 Å². The molecule has 5 nitrogen and oxygen atoms in total. The van der Waals surface area contributed by atoms with Crippen LogP contribution in [0.5, 0.6) is 11.5 Å². The number of carbonyl (C=O) groups is 1. The van der Waals surface area contributed by atoms with Gasteiger partial charge in [-0.2, -0.15) is 0 Å². The lowest BCUT2D eigenvalue weighted by molar-refractivity contribution is -0.143. The van der Waals surface area contributed by atoms with Gasteiger partial charge in [0, 0.05) is 18.5 Å². The number of benzene rings is 1. The molecule has 1 rings (SSSR count). The fourth-order valence-corrected chi connectivity index (χ4v) is 1.53. The number of carbonyl (C=O) groups excluding carboxylic acids is 1. The Hall–Kier alpha value is -1.75. The SMILES string of the molecule is CCOC(=O)CCCNCc1cccc(O)c1O. The van der Waals surface area contributed by atoms with Crippen molar-refractivity contribution in [3.05, 3.63) is 23.8 Å². The third-order valence-corrected chi connectivity index (χ3v) is 2.45. The van der Waals surface area contributed by atoms with E-state index in [1.807, 2.05) is 0 Å². The van der Waals surface area contributed by atoms with Crippen molar-refractivity contribution in [2.75, 3.05) is 13.2 Å². The number of phenols is 2. The topological polar surface area (TPSA) is 78.8 Å². The summed E-state index contributed by atoms with van der Waals surface area (Å²) in [5.41, 5.74) is 0.631. The van der Waals surface area contributed by atoms with Crippen molar-refractivity contribution in [2.24, 2.45) is 0 Å². The monoisotopic (exact) mass is 253 g/mol. The summed E-state index contributed by atoms with van der Waals surface area (Å²) in [5, 5.41) is 21.9. The summed E-state index contributed by atoms with van der Waals surface area (Å²) in [6, 6.07) is 4.83. The van der Waals surface area contributed by atoms with E-state index >= 15 is 0 Å². The van der Waals surface area contributed by atoms with Crippen LogP contribution in [0.25, 0.3) is 0 Å². The predicted octanol–water partition coefficient (Wildman–Crippen LogP) is 1.53. The molecule has 0 amide bonds. The summed E-state index contributed by atoms with van der Waals surface area (Å²) in [4.78, 5) is 11.1. The lowest BCUT2D eigenvalue weighted by Crippen LogP contribution is -2.16. The summed E-state index contributed by atoms with van der Waals surface area (Å²) in [6.45, 7) is 3.28. The number of rotatable bonds is 7. The van der Waals surface area contributed by atoms with Crippen LogP contribution in [0.4, 0.5) is 0 Å². The van der Waals surface area contributed by atoms with Crippen molar-refractivity contribution in [3.8, 4) is 11.5 Å². The van der Waals surface area contributed by atoms with Crippen LogP contribution in [-0.2, 0) is 16.1 Å². The van der Waals surface area contributed by atoms with Gasteiger partial charge in [0.1, 0.15) is 0 Å². The molecule has 0 saturated carbocycles. The average Bonchev–Trinajstić information content (AvgIpc) is 2.34. The lowest BCUT2D eigenvalue weighted by atomic mass is 10.2. The molecule has 0 unspecified atom stereocenters. The van der Waals surface area contributed by atoms with E-state index in [2.05, 4.69) is 5.32 Å². The van der Waals surface area contributed by atoms with Gasteiger partial charge in [-0.15, -0.1) is 0 Å². The molecule has 0 aliphatic heterocycles. The highest BCUT2D eigenvalue weighted by molar-refractivity contribution is 5.69. The Morgan fingerprint density at radius 1 is 1.39 bits per heavy atom. The standard InChI is InChI=1S/C13H19NO4/c1-2-18-12(16)7-4-8-14-9-10-5-3-6-11(15)13(10)17/h3,5-6,14-15,17H,2,4,7-9H2,1H3.